The zero-order chi connectivity index (χ0) is 13.4. The lowest BCUT2D eigenvalue weighted by Crippen LogP contribution is -2.37. The summed E-state index contributed by atoms with van der Waals surface area (Å²) in [7, 11) is 2.02. The van der Waals surface area contributed by atoms with Crippen LogP contribution in [-0.4, -0.2) is 28.5 Å². The lowest BCUT2D eigenvalue weighted by molar-refractivity contribution is 0.0697. The maximum atomic E-state index is 12.5. The van der Waals surface area contributed by atoms with Gasteiger partial charge in [0, 0.05) is 42.8 Å². The van der Waals surface area contributed by atoms with E-state index in [0.29, 0.717) is 0 Å². The highest BCUT2D eigenvalue weighted by atomic mass is 16.2. The second-order valence-corrected chi connectivity index (χ2v) is 5.67. The van der Waals surface area contributed by atoms with E-state index in [1.165, 1.54) is 5.52 Å². The van der Waals surface area contributed by atoms with Crippen LogP contribution in [0.2, 0.25) is 0 Å². The molecular formula is C16H20N2O. The van der Waals surface area contributed by atoms with Crippen LogP contribution in [-0.2, 0) is 7.05 Å². The van der Waals surface area contributed by atoms with Gasteiger partial charge in [0.15, 0.2) is 0 Å². The Morgan fingerprint density at radius 1 is 1.21 bits per heavy atom. The average Bonchev–Trinajstić information content (AvgIpc) is 2.80. The standard InChI is InChI=1S/C16H20N2O/c1-12-5-9-18(10-6-12)16(19)14-3-4-15-13(11-14)7-8-17(15)2/h3-4,7-8,11-12H,5-6,9-10H2,1-2H3. The van der Waals surface area contributed by atoms with Crippen molar-refractivity contribution in [3.05, 3.63) is 36.0 Å². The van der Waals surface area contributed by atoms with E-state index >= 15 is 0 Å². The van der Waals surface area contributed by atoms with Gasteiger partial charge in [-0.25, -0.2) is 0 Å². The van der Waals surface area contributed by atoms with Crippen molar-refractivity contribution in [1.82, 2.24) is 9.47 Å². The maximum absolute atomic E-state index is 12.5. The summed E-state index contributed by atoms with van der Waals surface area (Å²) in [4.78, 5) is 14.5. The van der Waals surface area contributed by atoms with Crippen LogP contribution >= 0.6 is 0 Å². The first-order valence-corrected chi connectivity index (χ1v) is 6.99. The minimum atomic E-state index is 0.178. The Bertz CT molecular complexity index is 606. The van der Waals surface area contributed by atoms with Gasteiger partial charge in [0.2, 0.25) is 0 Å². The van der Waals surface area contributed by atoms with Gasteiger partial charge in [0.25, 0.3) is 5.91 Å². The van der Waals surface area contributed by atoms with E-state index in [-0.39, 0.29) is 5.91 Å². The SMILES string of the molecule is CC1CCN(C(=O)c2ccc3c(ccn3C)c2)CC1. The number of piperidine rings is 1. The predicted octanol–water partition coefficient (Wildman–Crippen LogP) is 3.05. The van der Waals surface area contributed by atoms with Crippen LogP contribution in [0.15, 0.2) is 30.5 Å². The number of aryl methyl sites for hydroxylation is 1. The number of fused-ring (bicyclic) bond motifs is 1. The largest absolute Gasteiger partial charge is 0.351 e. The summed E-state index contributed by atoms with van der Waals surface area (Å²) >= 11 is 0. The minimum absolute atomic E-state index is 0.178. The van der Waals surface area contributed by atoms with Crippen LogP contribution in [0.1, 0.15) is 30.1 Å². The molecule has 1 aliphatic heterocycles. The molecule has 1 saturated heterocycles. The fraction of sp³-hybridized carbons (Fsp3) is 0.438. The summed E-state index contributed by atoms with van der Waals surface area (Å²) in [6.45, 7) is 4.05. The zero-order valence-corrected chi connectivity index (χ0v) is 11.6. The van der Waals surface area contributed by atoms with Crippen molar-refractivity contribution in [2.45, 2.75) is 19.8 Å². The first kappa shape index (κ1) is 12.3. The van der Waals surface area contributed by atoms with Crippen molar-refractivity contribution in [1.29, 1.82) is 0 Å². The van der Waals surface area contributed by atoms with E-state index < -0.39 is 0 Å². The molecule has 0 unspecified atom stereocenters. The van der Waals surface area contributed by atoms with E-state index in [9.17, 15) is 4.79 Å². The highest BCUT2D eigenvalue weighted by molar-refractivity contribution is 5.98. The molecule has 3 nitrogen and oxygen atoms in total. The fourth-order valence-electron chi connectivity index (χ4n) is 2.81. The second kappa shape index (κ2) is 4.72. The third-order valence-electron chi connectivity index (χ3n) is 4.20. The Morgan fingerprint density at radius 3 is 2.68 bits per heavy atom. The van der Waals surface area contributed by atoms with Crippen molar-refractivity contribution in [2.24, 2.45) is 13.0 Å². The molecule has 1 amide bonds. The summed E-state index contributed by atoms with van der Waals surface area (Å²) in [5.74, 6) is 0.929. The molecule has 1 aromatic carbocycles. The molecule has 0 aliphatic carbocycles. The normalized spacial score (nSPS) is 17.1. The van der Waals surface area contributed by atoms with Crippen LogP contribution in [0.4, 0.5) is 0 Å². The Balaban J connectivity index is 1.85. The van der Waals surface area contributed by atoms with Crippen LogP contribution in [0, 0.1) is 5.92 Å². The van der Waals surface area contributed by atoms with Crippen LogP contribution < -0.4 is 0 Å². The third-order valence-corrected chi connectivity index (χ3v) is 4.20. The number of aromatic nitrogens is 1. The van der Waals surface area contributed by atoms with Gasteiger partial charge < -0.3 is 9.47 Å². The first-order valence-electron chi connectivity index (χ1n) is 6.99. The molecule has 19 heavy (non-hydrogen) atoms. The monoisotopic (exact) mass is 256 g/mol. The summed E-state index contributed by atoms with van der Waals surface area (Å²) < 4.78 is 2.08. The number of nitrogens with zero attached hydrogens (tertiary/aromatic N) is 2. The second-order valence-electron chi connectivity index (χ2n) is 5.67. The molecule has 1 aromatic heterocycles. The van der Waals surface area contributed by atoms with E-state index in [2.05, 4.69) is 17.6 Å². The molecule has 100 valence electrons. The molecule has 0 saturated carbocycles. The number of carbonyl (C=O) groups is 1. The van der Waals surface area contributed by atoms with Crippen molar-refractivity contribution in [2.75, 3.05) is 13.1 Å². The molecule has 0 spiro atoms. The summed E-state index contributed by atoms with van der Waals surface area (Å²) in [6.07, 6.45) is 4.28. The summed E-state index contributed by atoms with van der Waals surface area (Å²) in [5, 5.41) is 1.14. The molecular weight excluding hydrogens is 236 g/mol. The first-order chi connectivity index (χ1) is 9.15. The van der Waals surface area contributed by atoms with E-state index in [4.69, 9.17) is 0 Å². The Hall–Kier alpha value is -1.77. The minimum Gasteiger partial charge on any atom is -0.351 e. The Labute approximate surface area is 113 Å². The quantitative estimate of drug-likeness (QED) is 0.770. The lowest BCUT2D eigenvalue weighted by Gasteiger charge is -2.30. The van der Waals surface area contributed by atoms with Gasteiger partial charge in [-0.15, -0.1) is 0 Å². The molecule has 2 aromatic rings. The fourth-order valence-corrected chi connectivity index (χ4v) is 2.81. The van der Waals surface area contributed by atoms with Gasteiger partial charge in [-0.3, -0.25) is 4.79 Å². The molecule has 3 heteroatoms. The highest BCUT2D eigenvalue weighted by Gasteiger charge is 2.21. The number of amides is 1. The maximum Gasteiger partial charge on any atom is 0.253 e. The number of rotatable bonds is 1. The van der Waals surface area contributed by atoms with Crippen LogP contribution in [0.3, 0.4) is 0 Å². The third kappa shape index (κ3) is 2.25. The van der Waals surface area contributed by atoms with E-state index in [1.54, 1.807) is 0 Å². The lowest BCUT2D eigenvalue weighted by atomic mass is 9.98. The van der Waals surface area contributed by atoms with Gasteiger partial charge in [-0.2, -0.15) is 0 Å². The number of hydrogen-bond acceptors (Lipinski definition) is 1. The summed E-state index contributed by atoms with van der Waals surface area (Å²) in [5.41, 5.74) is 1.98. The Kier molecular flexibility index (Phi) is 3.05. The topological polar surface area (TPSA) is 25.2 Å². The molecule has 1 aliphatic rings. The average molecular weight is 256 g/mol. The number of benzene rings is 1. The van der Waals surface area contributed by atoms with Crippen molar-refractivity contribution in [3.8, 4) is 0 Å². The van der Waals surface area contributed by atoms with Crippen LogP contribution in [0.5, 0.6) is 0 Å². The molecule has 3 rings (SSSR count). The van der Waals surface area contributed by atoms with Gasteiger partial charge in [0.1, 0.15) is 0 Å². The Morgan fingerprint density at radius 2 is 1.95 bits per heavy atom. The van der Waals surface area contributed by atoms with Crippen molar-refractivity contribution < 1.29 is 4.79 Å². The van der Waals surface area contributed by atoms with Crippen molar-refractivity contribution in [3.63, 3.8) is 0 Å². The summed E-state index contributed by atoms with van der Waals surface area (Å²) in [6, 6.07) is 8.05. The van der Waals surface area contributed by atoms with E-state index in [0.717, 1.165) is 42.8 Å². The molecule has 0 N–H and O–H groups in total. The zero-order valence-electron chi connectivity index (χ0n) is 11.6. The van der Waals surface area contributed by atoms with Gasteiger partial charge in [-0.1, -0.05) is 6.92 Å². The number of hydrogen-bond donors (Lipinski definition) is 0. The molecule has 0 radical (unpaired) electrons. The van der Waals surface area contributed by atoms with Crippen molar-refractivity contribution >= 4 is 16.8 Å². The van der Waals surface area contributed by atoms with Gasteiger partial charge in [0.05, 0.1) is 0 Å². The molecule has 0 atom stereocenters. The molecule has 0 bridgehead atoms. The van der Waals surface area contributed by atoms with Crippen LogP contribution in [0.25, 0.3) is 10.9 Å². The smallest absolute Gasteiger partial charge is 0.253 e. The van der Waals surface area contributed by atoms with Gasteiger partial charge >= 0.3 is 0 Å². The van der Waals surface area contributed by atoms with Gasteiger partial charge in [-0.05, 0) is 43.0 Å². The predicted molar refractivity (Wildman–Crippen MR) is 77.2 cm³/mol. The molecule has 2 heterocycles. The van der Waals surface area contributed by atoms with E-state index in [1.807, 2.05) is 36.3 Å². The number of likely N-dealkylation sites (tertiary alicyclic amines) is 1. The number of carbonyl (C=O) groups excluding carboxylic acids is 1. The highest BCUT2D eigenvalue weighted by Crippen LogP contribution is 2.21. The molecule has 1 fully saturated rings.